The van der Waals surface area contributed by atoms with Gasteiger partial charge in [-0.15, -0.1) is 0 Å². The first-order valence-corrected chi connectivity index (χ1v) is 5.58. The Balaban J connectivity index is 0.00000106. The van der Waals surface area contributed by atoms with Crippen LogP contribution in [-0.4, -0.2) is 18.4 Å². The van der Waals surface area contributed by atoms with Crippen molar-refractivity contribution in [2.75, 3.05) is 6.61 Å². The van der Waals surface area contributed by atoms with E-state index in [1.165, 1.54) is 6.92 Å². The Bertz CT molecular complexity index is 285. The zero-order valence-electron chi connectivity index (χ0n) is 10.3. The van der Waals surface area contributed by atoms with Crippen LogP contribution in [-0.2, 0) is 16.1 Å². The van der Waals surface area contributed by atoms with Gasteiger partial charge >= 0.3 is 0 Å². The van der Waals surface area contributed by atoms with Crippen LogP contribution in [0.2, 0.25) is 0 Å². The van der Waals surface area contributed by atoms with Gasteiger partial charge in [0.25, 0.3) is 0 Å². The molecule has 1 aromatic carbocycles. The topological polar surface area (TPSA) is 52.3 Å². The minimum absolute atomic E-state index is 0.0435. The maximum atomic E-state index is 10.8. The van der Waals surface area contributed by atoms with E-state index in [0.29, 0.717) is 6.61 Å². The Morgan fingerprint density at radius 1 is 1.31 bits per heavy atom. The number of ether oxygens (including phenoxy) is 1. The first kappa shape index (κ1) is 14.8. The smallest absolute Gasteiger partial charge is 0.148 e. The van der Waals surface area contributed by atoms with Crippen LogP contribution < -0.4 is 5.73 Å². The van der Waals surface area contributed by atoms with Crippen molar-refractivity contribution in [1.29, 1.82) is 0 Å². The first-order chi connectivity index (χ1) is 7.70. The highest BCUT2D eigenvalue weighted by atomic mass is 16.5. The molecule has 0 heterocycles. The van der Waals surface area contributed by atoms with Crippen molar-refractivity contribution in [1.82, 2.24) is 0 Å². The van der Waals surface area contributed by atoms with Crippen molar-refractivity contribution in [3.05, 3.63) is 35.9 Å². The molecule has 0 fully saturated rings. The largest absolute Gasteiger partial charge is 0.375 e. The molecule has 0 saturated carbocycles. The highest BCUT2D eigenvalue weighted by Crippen LogP contribution is 2.00. The second kappa shape index (κ2) is 9.07. The van der Waals surface area contributed by atoms with Crippen LogP contribution in [0.25, 0.3) is 0 Å². The van der Waals surface area contributed by atoms with Gasteiger partial charge in [0.1, 0.15) is 5.78 Å². The number of hydrogen-bond acceptors (Lipinski definition) is 3. The summed E-state index contributed by atoms with van der Waals surface area (Å²) in [4.78, 5) is 10.8. The summed E-state index contributed by atoms with van der Waals surface area (Å²) in [6.07, 6.45) is 0. The first-order valence-electron chi connectivity index (χ1n) is 5.58. The lowest BCUT2D eigenvalue weighted by atomic mass is 10.2. The van der Waals surface area contributed by atoms with Crippen LogP contribution >= 0.6 is 0 Å². The van der Waals surface area contributed by atoms with Gasteiger partial charge in [-0.25, -0.2) is 0 Å². The van der Waals surface area contributed by atoms with Gasteiger partial charge in [0.2, 0.25) is 0 Å². The third-order valence-corrected chi connectivity index (χ3v) is 1.93. The number of ketones is 1. The summed E-state index contributed by atoms with van der Waals surface area (Å²) in [7, 11) is 0. The normalized spacial score (nSPS) is 11.2. The van der Waals surface area contributed by atoms with E-state index in [0.717, 1.165) is 5.56 Å². The number of nitrogens with two attached hydrogens (primary N) is 1. The van der Waals surface area contributed by atoms with E-state index >= 15 is 0 Å². The second-order valence-corrected chi connectivity index (χ2v) is 3.22. The molecule has 0 amide bonds. The fourth-order valence-electron chi connectivity index (χ4n) is 0.995. The van der Waals surface area contributed by atoms with Crippen molar-refractivity contribution in [2.45, 2.75) is 33.4 Å². The van der Waals surface area contributed by atoms with E-state index in [4.69, 9.17) is 10.5 Å². The second-order valence-electron chi connectivity index (χ2n) is 3.22. The fraction of sp³-hybridized carbons (Fsp3) is 0.462. The number of rotatable bonds is 5. The van der Waals surface area contributed by atoms with Gasteiger partial charge < -0.3 is 10.5 Å². The molecule has 3 nitrogen and oxygen atoms in total. The molecule has 1 atom stereocenters. The maximum absolute atomic E-state index is 10.8. The van der Waals surface area contributed by atoms with Crippen LogP contribution in [0.4, 0.5) is 0 Å². The Labute approximate surface area is 97.6 Å². The Morgan fingerprint density at radius 2 is 1.88 bits per heavy atom. The molecule has 90 valence electrons. The van der Waals surface area contributed by atoms with E-state index in [9.17, 15) is 4.79 Å². The minimum Gasteiger partial charge on any atom is -0.375 e. The Kier molecular flexibility index (Phi) is 8.39. The molecule has 0 saturated heterocycles. The lowest BCUT2D eigenvalue weighted by molar-refractivity contribution is -0.119. The summed E-state index contributed by atoms with van der Waals surface area (Å²) in [5.74, 6) is -0.0435. The molecule has 0 radical (unpaired) electrons. The van der Waals surface area contributed by atoms with Crippen LogP contribution in [0, 0.1) is 0 Å². The summed E-state index contributed by atoms with van der Waals surface area (Å²) in [6.45, 7) is 6.25. The molecule has 0 spiro atoms. The van der Waals surface area contributed by atoms with E-state index in [1.807, 2.05) is 44.2 Å². The van der Waals surface area contributed by atoms with Gasteiger partial charge in [0.15, 0.2) is 0 Å². The molecule has 16 heavy (non-hydrogen) atoms. The van der Waals surface area contributed by atoms with Crippen LogP contribution in [0.1, 0.15) is 26.3 Å². The summed E-state index contributed by atoms with van der Waals surface area (Å²) < 4.78 is 5.30. The van der Waals surface area contributed by atoms with Crippen molar-refractivity contribution in [2.24, 2.45) is 5.73 Å². The van der Waals surface area contributed by atoms with Crippen LogP contribution in [0.3, 0.4) is 0 Å². The molecule has 0 bridgehead atoms. The van der Waals surface area contributed by atoms with Crippen molar-refractivity contribution < 1.29 is 9.53 Å². The number of benzene rings is 1. The quantitative estimate of drug-likeness (QED) is 0.832. The standard InChI is InChI=1S/C11H15NO2.C2H6/c1-9(13)11(12)8-14-7-10-5-3-2-4-6-10;1-2/h2-6,11H,7-8,12H2,1H3;1-2H3. The van der Waals surface area contributed by atoms with E-state index in [2.05, 4.69) is 0 Å². The van der Waals surface area contributed by atoms with Gasteiger partial charge in [-0.05, 0) is 12.5 Å². The third-order valence-electron chi connectivity index (χ3n) is 1.93. The Hall–Kier alpha value is -1.19. The van der Waals surface area contributed by atoms with E-state index in [1.54, 1.807) is 0 Å². The van der Waals surface area contributed by atoms with Gasteiger partial charge in [0, 0.05) is 0 Å². The number of carbonyl (C=O) groups is 1. The molecule has 1 rings (SSSR count). The molecule has 1 unspecified atom stereocenters. The molecule has 0 aliphatic carbocycles. The number of Topliss-reactive ketones (excluding diaryl/α,β-unsaturated/α-hetero) is 1. The fourth-order valence-corrected chi connectivity index (χ4v) is 0.995. The molecule has 1 aromatic rings. The molecule has 0 aromatic heterocycles. The van der Waals surface area contributed by atoms with E-state index < -0.39 is 6.04 Å². The predicted molar refractivity (Wildman–Crippen MR) is 66.1 cm³/mol. The SMILES string of the molecule is CC.CC(=O)C(N)COCc1ccccc1. The third kappa shape index (κ3) is 6.32. The van der Waals surface area contributed by atoms with Crippen LogP contribution in [0.5, 0.6) is 0 Å². The molecule has 0 aliphatic heterocycles. The molecule has 3 heteroatoms. The van der Waals surface area contributed by atoms with Crippen molar-refractivity contribution in [3.63, 3.8) is 0 Å². The van der Waals surface area contributed by atoms with Gasteiger partial charge in [-0.3, -0.25) is 4.79 Å². The van der Waals surface area contributed by atoms with Gasteiger partial charge in [-0.1, -0.05) is 44.2 Å². The molecular weight excluding hydrogens is 202 g/mol. The lowest BCUT2D eigenvalue weighted by Crippen LogP contribution is -2.33. The van der Waals surface area contributed by atoms with Crippen molar-refractivity contribution >= 4 is 5.78 Å². The molecular formula is C13H21NO2. The number of carbonyl (C=O) groups excluding carboxylic acids is 1. The number of hydrogen-bond donors (Lipinski definition) is 1. The minimum atomic E-state index is -0.501. The summed E-state index contributed by atoms with van der Waals surface area (Å²) in [5.41, 5.74) is 6.59. The average molecular weight is 223 g/mol. The summed E-state index contributed by atoms with van der Waals surface area (Å²) in [5, 5.41) is 0. The molecule has 0 aliphatic rings. The monoisotopic (exact) mass is 223 g/mol. The van der Waals surface area contributed by atoms with Gasteiger partial charge in [-0.2, -0.15) is 0 Å². The Morgan fingerprint density at radius 3 is 2.38 bits per heavy atom. The maximum Gasteiger partial charge on any atom is 0.148 e. The van der Waals surface area contributed by atoms with E-state index in [-0.39, 0.29) is 12.4 Å². The predicted octanol–water partition coefficient (Wildman–Crippen LogP) is 2.15. The molecule has 2 N–H and O–H groups in total. The van der Waals surface area contributed by atoms with Gasteiger partial charge in [0.05, 0.1) is 19.3 Å². The zero-order chi connectivity index (χ0) is 12.4. The summed E-state index contributed by atoms with van der Waals surface area (Å²) >= 11 is 0. The summed E-state index contributed by atoms with van der Waals surface area (Å²) in [6, 6.07) is 9.29. The van der Waals surface area contributed by atoms with Crippen molar-refractivity contribution in [3.8, 4) is 0 Å². The van der Waals surface area contributed by atoms with Crippen LogP contribution in [0.15, 0.2) is 30.3 Å². The highest BCUT2D eigenvalue weighted by molar-refractivity contribution is 5.81. The zero-order valence-corrected chi connectivity index (χ0v) is 10.3. The average Bonchev–Trinajstić information content (AvgIpc) is 2.33. The lowest BCUT2D eigenvalue weighted by Gasteiger charge is -2.08. The highest BCUT2D eigenvalue weighted by Gasteiger charge is 2.07.